The minimum atomic E-state index is -3.41. The van der Waals surface area contributed by atoms with Crippen LogP contribution in [0.2, 0.25) is 0 Å². The molecule has 2 N–H and O–H groups in total. The predicted octanol–water partition coefficient (Wildman–Crippen LogP) is 2.40. The molecular weight excluding hydrogens is 340 g/mol. The Morgan fingerprint density at radius 3 is 2.76 bits per heavy atom. The van der Waals surface area contributed by atoms with E-state index in [9.17, 15) is 13.2 Å². The molecule has 1 aliphatic rings. The Hall–Kier alpha value is -2.54. The second-order valence-corrected chi connectivity index (χ2v) is 7.83. The van der Waals surface area contributed by atoms with Crippen molar-refractivity contribution in [3.8, 4) is 0 Å². The van der Waals surface area contributed by atoms with Gasteiger partial charge >= 0.3 is 5.97 Å². The van der Waals surface area contributed by atoms with E-state index in [1.807, 2.05) is 6.07 Å². The third-order valence-electron chi connectivity index (χ3n) is 4.09. The molecular formula is C18H20N2O4S. The fraction of sp³-hybridized carbons (Fsp3) is 0.278. The molecule has 2 aromatic carbocycles. The van der Waals surface area contributed by atoms with Crippen molar-refractivity contribution in [2.75, 3.05) is 29.9 Å². The van der Waals surface area contributed by atoms with Gasteiger partial charge in [0.25, 0.3) is 0 Å². The van der Waals surface area contributed by atoms with Crippen LogP contribution in [-0.2, 0) is 27.6 Å². The van der Waals surface area contributed by atoms with Crippen LogP contribution in [0.3, 0.4) is 0 Å². The van der Waals surface area contributed by atoms with E-state index in [-0.39, 0.29) is 0 Å². The number of nitrogens with one attached hydrogen (secondary N) is 2. The van der Waals surface area contributed by atoms with Crippen molar-refractivity contribution < 1.29 is 17.9 Å². The number of esters is 1. The molecule has 0 fully saturated rings. The van der Waals surface area contributed by atoms with Crippen LogP contribution in [0.1, 0.15) is 27.0 Å². The first-order valence-corrected chi connectivity index (χ1v) is 9.79. The highest BCUT2D eigenvalue weighted by atomic mass is 32.2. The van der Waals surface area contributed by atoms with E-state index < -0.39 is 16.0 Å². The normalized spacial score (nSPS) is 13.0. The van der Waals surface area contributed by atoms with E-state index in [0.717, 1.165) is 36.0 Å². The molecule has 0 atom stereocenters. The Balaban J connectivity index is 1.93. The zero-order valence-corrected chi connectivity index (χ0v) is 14.9. The Bertz CT molecular complexity index is 923. The number of hydrogen-bond acceptors (Lipinski definition) is 5. The Labute approximate surface area is 147 Å². The molecule has 0 amide bonds. The summed E-state index contributed by atoms with van der Waals surface area (Å²) >= 11 is 0. The van der Waals surface area contributed by atoms with Gasteiger partial charge in [-0.3, -0.25) is 4.72 Å². The number of ether oxygens (including phenoxy) is 1. The maximum atomic E-state index is 12.1. The number of benzene rings is 2. The first kappa shape index (κ1) is 17.3. The first-order chi connectivity index (χ1) is 11.9. The molecule has 25 heavy (non-hydrogen) atoms. The van der Waals surface area contributed by atoms with Gasteiger partial charge in [0.2, 0.25) is 10.0 Å². The zero-order valence-electron chi connectivity index (χ0n) is 14.1. The fourth-order valence-electron chi connectivity index (χ4n) is 3.00. The Kier molecular flexibility index (Phi) is 4.67. The van der Waals surface area contributed by atoms with Crippen LogP contribution in [0.4, 0.5) is 11.4 Å². The van der Waals surface area contributed by atoms with Crippen LogP contribution in [0.5, 0.6) is 0 Å². The topological polar surface area (TPSA) is 84.5 Å². The van der Waals surface area contributed by atoms with E-state index in [1.54, 1.807) is 12.1 Å². The molecule has 0 spiro atoms. The summed E-state index contributed by atoms with van der Waals surface area (Å²) < 4.78 is 30.0. The smallest absolute Gasteiger partial charge is 0.338 e. The van der Waals surface area contributed by atoms with Crippen molar-refractivity contribution >= 4 is 27.4 Å². The van der Waals surface area contributed by atoms with Gasteiger partial charge < -0.3 is 10.1 Å². The maximum absolute atomic E-state index is 12.1. The van der Waals surface area contributed by atoms with Crippen molar-refractivity contribution in [2.45, 2.75) is 12.8 Å². The number of sulfonamides is 1. The van der Waals surface area contributed by atoms with Crippen LogP contribution >= 0.6 is 0 Å². The molecule has 6 nitrogen and oxygen atoms in total. The van der Waals surface area contributed by atoms with Crippen LogP contribution in [0.25, 0.3) is 0 Å². The highest BCUT2D eigenvalue weighted by Crippen LogP contribution is 2.26. The van der Waals surface area contributed by atoms with Crippen LogP contribution in [0.15, 0.2) is 36.4 Å². The summed E-state index contributed by atoms with van der Waals surface area (Å²) in [7, 11) is -2.10. The molecule has 0 aromatic heterocycles. The molecule has 0 unspecified atom stereocenters. The van der Waals surface area contributed by atoms with Gasteiger partial charge in [0.15, 0.2) is 0 Å². The minimum absolute atomic E-state index is 0.338. The quantitative estimate of drug-likeness (QED) is 0.800. The summed E-state index contributed by atoms with van der Waals surface area (Å²) in [6.45, 7) is 0.943. The van der Waals surface area contributed by atoms with Crippen molar-refractivity contribution in [1.29, 1.82) is 0 Å². The number of carbonyl (C=O) groups excluding carboxylic acids is 1. The Morgan fingerprint density at radius 1 is 1.24 bits per heavy atom. The van der Waals surface area contributed by atoms with E-state index >= 15 is 0 Å². The van der Waals surface area contributed by atoms with E-state index in [2.05, 4.69) is 22.2 Å². The third kappa shape index (κ3) is 4.11. The van der Waals surface area contributed by atoms with Gasteiger partial charge in [0.1, 0.15) is 0 Å². The average molecular weight is 360 g/mol. The number of rotatable bonds is 5. The molecule has 0 bridgehead atoms. The standard InChI is InChI=1S/C18H20N2O4S/c1-24-18(21)16-11-15(20-25(2,22)23)5-4-13(16)9-12-3-6-17-14(10-12)7-8-19-17/h3-6,10-11,19-20H,7-9H2,1-2H3. The van der Waals surface area contributed by atoms with Gasteiger partial charge in [-0.1, -0.05) is 18.2 Å². The maximum Gasteiger partial charge on any atom is 0.338 e. The molecule has 0 saturated heterocycles. The van der Waals surface area contributed by atoms with Crippen molar-refractivity contribution in [3.05, 3.63) is 58.7 Å². The van der Waals surface area contributed by atoms with E-state index in [1.165, 1.54) is 18.7 Å². The summed E-state index contributed by atoms with van der Waals surface area (Å²) in [4.78, 5) is 12.1. The van der Waals surface area contributed by atoms with Gasteiger partial charge in [-0.05, 0) is 47.7 Å². The second kappa shape index (κ2) is 6.76. The summed E-state index contributed by atoms with van der Waals surface area (Å²) in [5.41, 5.74) is 5.00. The molecule has 2 aromatic rings. The highest BCUT2D eigenvalue weighted by molar-refractivity contribution is 7.92. The van der Waals surface area contributed by atoms with Crippen LogP contribution in [-0.4, -0.2) is 34.3 Å². The van der Waals surface area contributed by atoms with E-state index in [4.69, 9.17) is 4.74 Å². The fourth-order valence-corrected chi connectivity index (χ4v) is 3.55. The molecule has 3 rings (SSSR count). The highest BCUT2D eigenvalue weighted by Gasteiger charge is 2.16. The van der Waals surface area contributed by atoms with Gasteiger partial charge in [-0.15, -0.1) is 0 Å². The second-order valence-electron chi connectivity index (χ2n) is 6.08. The van der Waals surface area contributed by atoms with Crippen molar-refractivity contribution in [2.24, 2.45) is 0 Å². The van der Waals surface area contributed by atoms with E-state index in [0.29, 0.717) is 17.7 Å². The molecule has 0 aliphatic carbocycles. The lowest BCUT2D eigenvalue weighted by Crippen LogP contribution is -2.12. The first-order valence-electron chi connectivity index (χ1n) is 7.90. The zero-order chi connectivity index (χ0) is 18.0. The number of carbonyl (C=O) groups is 1. The third-order valence-corrected chi connectivity index (χ3v) is 4.70. The predicted molar refractivity (Wildman–Crippen MR) is 97.7 cm³/mol. The summed E-state index contributed by atoms with van der Waals surface area (Å²) in [5, 5.41) is 3.32. The summed E-state index contributed by atoms with van der Waals surface area (Å²) in [5.74, 6) is -0.491. The Morgan fingerprint density at radius 2 is 2.04 bits per heavy atom. The van der Waals surface area contributed by atoms with Crippen molar-refractivity contribution in [1.82, 2.24) is 0 Å². The summed E-state index contributed by atoms with van der Waals surface area (Å²) in [6.07, 6.45) is 2.62. The van der Waals surface area contributed by atoms with Crippen molar-refractivity contribution in [3.63, 3.8) is 0 Å². The monoisotopic (exact) mass is 360 g/mol. The number of fused-ring (bicyclic) bond motifs is 1. The SMILES string of the molecule is COC(=O)c1cc(NS(C)(=O)=O)ccc1Cc1ccc2c(c1)CCN2. The molecule has 7 heteroatoms. The van der Waals surface area contributed by atoms with Gasteiger partial charge in [0.05, 0.1) is 18.9 Å². The lowest BCUT2D eigenvalue weighted by Gasteiger charge is -2.12. The van der Waals surface area contributed by atoms with Gasteiger partial charge in [-0.25, -0.2) is 13.2 Å². The van der Waals surface area contributed by atoms with Gasteiger partial charge in [0, 0.05) is 17.9 Å². The number of hydrogen-bond donors (Lipinski definition) is 2. The molecule has 1 heterocycles. The molecule has 0 saturated carbocycles. The number of methoxy groups -OCH3 is 1. The lowest BCUT2D eigenvalue weighted by atomic mass is 9.97. The molecule has 0 radical (unpaired) electrons. The van der Waals surface area contributed by atoms with Gasteiger partial charge in [-0.2, -0.15) is 0 Å². The lowest BCUT2D eigenvalue weighted by molar-refractivity contribution is 0.0599. The van der Waals surface area contributed by atoms with Crippen LogP contribution < -0.4 is 10.0 Å². The summed E-state index contributed by atoms with van der Waals surface area (Å²) in [6, 6.07) is 11.1. The number of anilines is 2. The van der Waals surface area contributed by atoms with Crippen LogP contribution in [0, 0.1) is 0 Å². The average Bonchev–Trinajstić information content (AvgIpc) is 3.02. The largest absolute Gasteiger partial charge is 0.465 e. The minimum Gasteiger partial charge on any atom is -0.465 e. The molecule has 132 valence electrons. The molecule has 1 aliphatic heterocycles.